The molecular weight excluding hydrogens is 212 g/mol. The smallest absolute Gasteiger partial charge is 0.0122 e. The summed E-state index contributed by atoms with van der Waals surface area (Å²) < 4.78 is 0. The first-order valence-electron chi connectivity index (χ1n) is 5.03. The van der Waals surface area contributed by atoms with Gasteiger partial charge in [-0.05, 0) is 25.2 Å². The summed E-state index contributed by atoms with van der Waals surface area (Å²) in [4.78, 5) is 2.25. The van der Waals surface area contributed by atoms with Crippen LogP contribution in [-0.2, 0) is 0 Å². The second-order valence-electron chi connectivity index (χ2n) is 2.81. The Bertz CT molecular complexity index is 352. The molecule has 0 fully saturated rings. The van der Waals surface area contributed by atoms with Crippen molar-refractivity contribution in [3.63, 3.8) is 0 Å². The fourth-order valence-corrected chi connectivity index (χ4v) is 1.89. The minimum absolute atomic E-state index is 1.11. The molecule has 0 aromatic carbocycles. The average Bonchev–Trinajstić information content (AvgIpc) is 2.27. The lowest BCUT2D eigenvalue weighted by molar-refractivity contribution is 1.71. The third-order valence-corrected chi connectivity index (χ3v) is 2.54. The highest BCUT2D eigenvalue weighted by Crippen LogP contribution is 2.27. The van der Waals surface area contributed by atoms with Gasteiger partial charge < -0.3 is 0 Å². The van der Waals surface area contributed by atoms with Crippen LogP contribution in [0.3, 0.4) is 0 Å². The van der Waals surface area contributed by atoms with E-state index >= 15 is 0 Å². The van der Waals surface area contributed by atoms with Crippen LogP contribution in [0.15, 0.2) is 84.2 Å². The maximum Gasteiger partial charge on any atom is 0.0122 e. The minimum Gasteiger partial charge on any atom is -0.0991 e. The van der Waals surface area contributed by atoms with Gasteiger partial charge >= 0.3 is 0 Å². The molecule has 0 unspecified atom stereocenters. The van der Waals surface area contributed by atoms with E-state index in [9.17, 15) is 0 Å². The Balaban J connectivity index is 4.84. The van der Waals surface area contributed by atoms with E-state index in [1.165, 1.54) is 0 Å². The van der Waals surface area contributed by atoms with Gasteiger partial charge in [-0.15, -0.1) is 0 Å². The molecule has 0 atom stereocenters. The van der Waals surface area contributed by atoms with Gasteiger partial charge in [-0.1, -0.05) is 68.0 Å². The van der Waals surface area contributed by atoms with E-state index in [1.54, 1.807) is 30.0 Å². The van der Waals surface area contributed by atoms with Gasteiger partial charge in [0.1, 0.15) is 0 Å². The van der Waals surface area contributed by atoms with Crippen molar-refractivity contribution in [3.05, 3.63) is 84.2 Å². The number of hydrogen-bond acceptors (Lipinski definition) is 1. The van der Waals surface area contributed by atoms with E-state index in [0.29, 0.717) is 0 Å². The highest BCUT2D eigenvalue weighted by Gasteiger charge is 1.95. The highest BCUT2D eigenvalue weighted by atomic mass is 32.2. The molecule has 0 heterocycles. The summed E-state index contributed by atoms with van der Waals surface area (Å²) in [6.45, 7) is 13.0. The Kier molecular flexibility index (Phi) is 9.14. The molecule has 0 spiro atoms. The molecular formula is C15H18S. The molecule has 0 bridgehead atoms. The molecule has 0 aliphatic heterocycles. The lowest BCUT2D eigenvalue weighted by Gasteiger charge is -2.01. The van der Waals surface area contributed by atoms with Gasteiger partial charge in [0.2, 0.25) is 0 Å². The Morgan fingerprint density at radius 2 is 1.44 bits per heavy atom. The number of hydrogen-bond donors (Lipinski definition) is 0. The summed E-state index contributed by atoms with van der Waals surface area (Å²) in [6.07, 6.45) is 17.2. The molecule has 0 aromatic heterocycles. The molecule has 0 aromatic rings. The van der Waals surface area contributed by atoms with Crippen LogP contribution in [0.25, 0.3) is 0 Å². The van der Waals surface area contributed by atoms with Crippen molar-refractivity contribution in [2.45, 2.75) is 6.92 Å². The SMILES string of the molecule is C=C/C=C\C(=C/C=C)SC(/C=C\C)=C/C=C. The number of rotatable bonds is 7. The van der Waals surface area contributed by atoms with Gasteiger partial charge in [0.25, 0.3) is 0 Å². The molecule has 0 saturated carbocycles. The topological polar surface area (TPSA) is 0 Å². The predicted molar refractivity (Wildman–Crippen MR) is 78.3 cm³/mol. The number of thioether (sulfide) groups is 1. The van der Waals surface area contributed by atoms with E-state index in [2.05, 4.69) is 19.7 Å². The number of allylic oxidation sites excluding steroid dienone is 9. The normalized spacial score (nSPS) is 13.3. The third-order valence-electron chi connectivity index (χ3n) is 1.53. The zero-order valence-corrected chi connectivity index (χ0v) is 10.5. The van der Waals surface area contributed by atoms with Crippen LogP contribution < -0.4 is 0 Å². The monoisotopic (exact) mass is 230 g/mol. The molecule has 84 valence electrons. The molecule has 0 nitrogen and oxygen atoms in total. The Labute approximate surface area is 103 Å². The second-order valence-corrected chi connectivity index (χ2v) is 3.95. The minimum atomic E-state index is 1.11. The molecule has 0 rings (SSSR count). The van der Waals surface area contributed by atoms with Crippen molar-refractivity contribution in [1.82, 2.24) is 0 Å². The van der Waals surface area contributed by atoms with Crippen LogP contribution in [0.5, 0.6) is 0 Å². The summed E-state index contributed by atoms with van der Waals surface area (Å²) in [6, 6.07) is 0. The summed E-state index contributed by atoms with van der Waals surface area (Å²) >= 11 is 1.66. The fourth-order valence-electron chi connectivity index (χ4n) is 0.943. The zero-order chi connectivity index (χ0) is 12.2. The van der Waals surface area contributed by atoms with Gasteiger partial charge in [-0.25, -0.2) is 0 Å². The zero-order valence-electron chi connectivity index (χ0n) is 9.73. The molecule has 0 N–H and O–H groups in total. The van der Waals surface area contributed by atoms with Crippen molar-refractivity contribution in [2.75, 3.05) is 0 Å². The summed E-state index contributed by atoms with van der Waals surface area (Å²) in [5.41, 5.74) is 0. The molecule has 1 heteroatoms. The van der Waals surface area contributed by atoms with Crippen molar-refractivity contribution in [3.8, 4) is 0 Å². The van der Waals surface area contributed by atoms with Gasteiger partial charge in [-0.3, -0.25) is 0 Å². The third kappa shape index (κ3) is 6.91. The molecule has 0 radical (unpaired) electrons. The average molecular weight is 230 g/mol. The first-order valence-corrected chi connectivity index (χ1v) is 5.85. The maximum absolute atomic E-state index is 3.70. The largest absolute Gasteiger partial charge is 0.0991 e. The molecule has 16 heavy (non-hydrogen) atoms. The van der Waals surface area contributed by atoms with E-state index in [0.717, 1.165) is 9.81 Å². The fraction of sp³-hybridized carbons (Fsp3) is 0.0667. The first kappa shape index (κ1) is 14.5. The van der Waals surface area contributed by atoms with Crippen molar-refractivity contribution >= 4 is 11.8 Å². The van der Waals surface area contributed by atoms with Crippen molar-refractivity contribution < 1.29 is 0 Å². The van der Waals surface area contributed by atoms with Crippen LogP contribution in [-0.4, -0.2) is 0 Å². The molecule has 0 amide bonds. The molecule has 0 aliphatic rings. The van der Waals surface area contributed by atoms with Crippen molar-refractivity contribution in [2.24, 2.45) is 0 Å². The summed E-state index contributed by atoms with van der Waals surface area (Å²) in [5.74, 6) is 0. The van der Waals surface area contributed by atoms with E-state index in [4.69, 9.17) is 0 Å². The summed E-state index contributed by atoms with van der Waals surface area (Å²) in [5, 5.41) is 0. The van der Waals surface area contributed by atoms with Crippen LogP contribution in [0, 0.1) is 0 Å². The summed E-state index contributed by atoms with van der Waals surface area (Å²) in [7, 11) is 0. The van der Waals surface area contributed by atoms with Gasteiger partial charge in [0.15, 0.2) is 0 Å². The van der Waals surface area contributed by atoms with E-state index < -0.39 is 0 Å². The van der Waals surface area contributed by atoms with Crippen LogP contribution in [0.2, 0.25) is 0 Å². The quantitative estimate of drug-likeness (QED) is 0.543. The Morgan fingerprint density at radius 1 is 0.875 bits per heavy atom. The standard InChI is InChI=1S/C15H18S/c1-5-9-13-15(12-8-4)16-14(10-6-2)11-7-3/h5-13H,1-2,4H2,3H3/b11-7-,13-9-,14-10+,15-12+. The van der Waals surface area contributed by atoms with Gasteiger partial charge in [0, 0.05) is 9.81 Å². The van der Waals surface area contributed by atoms with Crippen LogP contribution in [0.1, 0.15) is 6.92 Å². The first-order chi connectivity index (χ1) is 7.78. The molecule has 0 saturated heterocycles. The van der Waals surface area contributed by atoms with E-state index in [-0.39, 0.29) is 0 Å². The Morgan fingerprint density at radius 3 is 1.88 bits per heavy atom. The lowest BCUT2D eigenvalue weighted by atomic mass is 10.4. The molecule has 0 aliphatic carbocycles. The Hall–Kier alpha value is -1.47. The van der Waals surface area contributed by atoms with Crippen LogP contribution >= 0.6 is 11.8 Å². The van der Waals surface area contributed by atoms with Gasteiger partial charge in [0.05, 0.1) is 0 Å². The maximum atomic E-state index is 3.70. The predicted octanol–water partition coefficient (Wildman–Crippen LogP) is 5.18. The van der Waals surface area contributed by atoms with Crippen LogP contribution in [0.4, 0.5) is 0 Å². The lowest BCUT2D eigenvalue weighted by Crippen LogP contribution is -1.74. The van der Waals surface area contributed by atoms with E-state index in [1.807, 2.05) is 43.4 Å². The second kappa shape index (κ2) is 10.1. The van der Waals surface area contributed by atoms with Crippen molar-refractivity contribution in [1.29, 1.82) is 0 Å². The van der Waals surface area contributed by atoms with Gasteiger partial charge in [-0.2, -0.15) is 0 Å². The highest BCUT2D eigenvalue weighted by molar-refractivity contribution is 8.07.